The molecule has 0 bridgehead atoms. The van der Waals surface area contributed by atoms with Crippen molar-refractivity contribution in [2.45, 2.75) is 6.92 Å². The third-order valence-electron chi connectivity index (χ3n) is 3.97. The van der Waals surface area contributed by atoms with E-state index in [1.54, 1.807) is 0 Å². The van der Waals surface area contributed by atoms with Crippen LogP contribution in [0, 0.1) is 0 Å². The number of hydrogen-bond donors (Lipinski definition) is 2. The lowest BCUT2D eigenvalue weighted by molar-refractivity contribution is -0.137. The van der Waals surface area contributed by atoms with Crippen molar-refractivity contribution in [3.8, 4) is 5.75 Å². The van der Waals surface area contributed by atoms with Crippen LogP contribution in [0.25, 0.3) is 23.1 Å². The molecule has 0 saturated heterocycles. The number of carbonyl (C=O) groups is 2. The lowest BCUT2D eigenvalue weighted by atomic mass is 10.1. The molecule has 2 N–H and O–H groups in total. The Morgan fingerprint density at radius 3 is 2.56 bits per heavy atom. The fraction of sp³-hybridized carbons (Fsp3) is 0.143. The van der Waals surface area contributed by atoms with Gasteiger partial charge in [-0.05, 0) is 46.8 Å². The summed E-state index contributed by atoms with van der Waals surface area (Å²) in [6, 6.07) is 14.1. The van der Waals surface area contributed by atoms with Crippen LogP contribution in [0.5, 0.6) is 5.75 Å². The van der Waals surface area contributed by atoms with Crippen LogP contribution in [0.2, 0.25) is 0 Å². The van der Waals surface area contributed by atoms with E-state index < -0.39 is 0 Å². The maximum absolute atomic E-state index is 11.4. The second-order valence-electron chi connectivity index (χ2n) is 5.95. The molecule has 1 aliphatic rings. The lowest BCUT2D eigenvalue weighted by Crippen LogP contribution is -2.25. The minimum absolute atomic E-state index is 0.0822. The average Bonchev–Trinajstić information content (AvgIpc) is 3.14. The van der Waals surface area contributed by atoms with Gasteiger partial charge in [0, 0.05) is 18.6 Å². The zero-order valence-corrected chi connectivity index (χ0v) is 15.1. The van der Waals surface area contributed by atoms with Crippen LogP contribution in [0.15, 0.2) is 48.7 Å². The molecule has 1 amide bonds. The van der Waals surface area contributed by atoms with Crippen molar-refractivity contribution >= 4 is 40.6 Å². The summed E-state index contributed by atoms with van der Waals surface area (Å²) < 4.78 is 9.46. The Balaban J connectivity index is 0.000000376. The number of aromatic amines is 1. The van der Waals surface area contributed by atoms with Gasteiger partial charge in [-0.2, -0.15) is 0 Å². The highest BCUT2D eigenvalue weighted by Gasteiger charge is 2.15. The van der Waals surface area contributed by atoms with E-state index >= 15 is 0 Å². The van der Waals surface area contributed by atoms with E-state index in [4.69, 9.17) is 4.74 Å². The molecule has 0 aliphatic carbocycles. The number of carbonyl (C=O) groups excluding carboxylic acids is 2. The van der Waals surface area contributed by atoms with Crippen LogP contribution in [0.1, 0.15) is 18.1 Å². The highest BCUT2D eigenvalue weighted by atomic mass is 16.5. The minimum atomic E-state index is -0.245. The predicted octanol–water partition coefficient (Wildman–Crippen LogP) is 3.85. The quantitative estimate of drug-likeness (QED) is 0.535. The van der Waals surface area contributed by atoms with Gasteiger partial charge in [0.15, 0.2) is 6.61 Å². The van der Waals surface area contributed by atoms with E-state index in [9.17, 15) is 9.59 Å². The van der Waals surface area contributed by atoms with Crippen LogP contribution in [0.3, 0.4) is 0 Å². The molecular formula is C21H20N2O4. The number of hydrogen-bond acceptors (Lipinski definition) is 4. The molecule has 0 unspecified atom stereocenters. The number of esters is 1. The average molecular weight is 364 g/mol. The van der Waals surface area contributed by atoms with Gasteiger partial charge in [-0.25, -0.2) is 0 Å². The number of H-pyrrole nitrogens is 1. The SMILES string of the molecule is COC(C)=O.O=C1COc2ccc(/C=C/c3ccc4[nH]ccc4c3)cc2N1. The first-order valence-corrected chi connectivity index (χ1v) is 8.41. The monoisotopic (exact) mass is 364 g/mol. The van der Waals surface area contributed by atoms with Crippen LogP contribution < -0.4 is 10.1 Å². The summed E-state index contributed by atoms with van der Waals surface area (Å²) in [4.78, 5) is 24.1. The van der Waals surface area contributed by atoms with Gasteiger partial charge in [0.25, 0.3) is 5.91 Å². The molecule has 0 spiro atoms. The number of methoxy groups -OCH3 is 1. The molecule has 0 atom stereocenters. The first kappa shape index (κ1) is 18.3. The number of rotatable bonds is 2. The second kappa shape index (κ2) is 8.23. The summed E-state index contributed by atoms with van der Waals surface area (Å²) in [5.41, 5.74) is 3.99. The van der Waals surface area contributed by atoms with Gasteiger partial charge in [0.1, 0.15) is 5.75 Å². The van der Waals surface area contributed by atoms with E-state index in [0.717, 1.165) is 22.3 Å². The summed E-state index contributed by atoms with van der Waals surface area (Å²) >= 11 is 0. The third-order valence-corrected chi connectivity index (χ3v) is 3.97. The molecule has 6 heteroatoms. The maximum Gasteiger partial charge on any atom is 0.302 e. The van der Waals surface area contributed by atoms with Crippen LogP contribution >= 0.6 is 0 Å². The van der Waals surface area contributed by atoms with Crippen LogP contribution in [-0.4, -0.2) is 30.6 Å². The van der Waals surface area contributed by atoms with Gasteiger partial charge < -0.3 is 19.8 Å². The summed E-state index contributed by atoms with van der Waals surface area (Å²) in [6.07, 6.45) is 6.01. The zero-order valence-electron chi connectivity index (χ0n) is 15.1. The molecule has 1 aromatic heterocycles. The third kappa shape index (κ3) is 4.76. The van der Waals surface area contributed by atoms with Crippen molar-refractivity contribution < 1.29 is 19.1 Å². The molecule has 6 nitrogen and oxygen atoms in total. The Labute approximate surface area is 156 Å². The van der Waals surface area contributed by atoms with Crippen LogP contribution in [-0.2, 0) is 14.3 Å². The van der Waals surface area contributed by atoms with E-state index in [0.29, 0.717) is 5.75 Å². The Morgan fingerprint density at radius 1 is 1.11 bits per heavy atom. The van der Waals surface area contributed by atoms with Gasteiger partial charge in [0.05, 0.1) is 12.8 Å². The topological polar surface area (TPSA) is 80.4 Å². The number of benzene rings is 2. The van der Waals surface area contributed by atoms with Gasteiger partial charge in [-0.1, -0.05) is 24.3 Å². The highest BCUT2D eigenvalue weighted by Crippen LogP contribution is 2.29. The summed E-state index contributed by atoms with van der Waals surface area (Å²) in [5.74, 6) is 0.349. The smallest absolute Gasteiger partial charge is 0.302 e. The van der Waals surface area contributed by atoms with Crippen LogP contribution in [0.4, 0.5) is 5.69 Å². The molecule has 2 heterocycles. The highest BCUT2D eigenvalue weighted by molar-refractivity contribution is 5.96. The van der Waals surface area contributed by atoms with E-state index in [2.05, 4.69) is 45.4 Å². The van der Waals surface area contributed by atoms with E-state index in [-0.39, 0.29) is 18.5 Å². The van der Waals surface area contributed by atoms with Crippen molar-refractivity contribution in [3.63, 3.8) is 0 Å². The van der Waals surface area contributed by atoms with Crippen molar-refractivity contribution in [1.82, 2.24) is 4.98 Å². The summed E-state index contributed by atoms with van der Waals surface area (Å²) in [6.45, 7) is 1.44. The molecule has 4 rings (SSSR count). The number of nitrogens with one attached hydrogen (secondary N) is 2. The number of fused-ring (bicyclic) bond motifs is 2. The summed E-state index contributed by atoms with van der Waals surface area (Å²) in [7, 11) is 1.35. The molecule has 2 aromatic carbocycles. The normalized spacial score (nSPS) is 12.6. The molecule has 27 heavy (non-hydrogen) atoms. The van der Waals surface area contributed by atoms with Crippen molar-refractivity contribution in [2.24, 2.45) is 0 Å². The Bertz CT molecular complexity index is 1000. The minimum Gasteiger partial charge on any atom is -0.482 e. The van der Waals surface area contributed by atoms with Crippen molar-refractivity contribution in [3.05, 3.63) is 59.8 Å². The molecule has 1 aliphatic heterocycles. The van der Waals surface area contributed by atoms with Crippen molar-refractivity contribution in [2.75, 3.05) is 19.0 Å². The van der Waals surface area contributed by atoms with Gasteiger partial charge >= 0.3 is 5.97 Å². The van der Waals surface area contributed by atoms with Gasteiger partial charge in [0.2, 0.25) is 0 Å². The number of aromatic nitrogens is 1. The fourth-order valence-electron chi connectivity index (χ4n) is 2.57. The number of anilines is 1. The molecule has 0 radical (unpaired) electrons. The molecule has 3 aromatic rings. The van der Waals surface area contributed by atoms with Gasteiger partial charge in [-0.3, -0.25) is 9.59 Å². The van der Waals surface area contributed by atoms with Crippen molar-refractivity contribution in [1.29, 1.82) is 0 Å². The lowest BCUT2D eigenvalue weighted by Gasteiger charge is -2.17. The Morgan fingerprint density at radius 2 is 1.81 bits per heavy atom. The zero-order chi connectivity index (χ0) is 19.2. The first-order valence-electron chi connectivity index (χ1n) is 8.41. The second-order valence-corrected chi connectivity index (χ2v) is 5.95. The molecule has 0 saturated carbocycles. The Kier molecular flexibility index (Phi) is 5.56. The van der Waals surface area contributed by atoms with E-state index in [1.165, 1.54) is 19.4 Å². The molecular weight excluding hydrogens is 344 g/mol. The Hall–Kier alpha value is -3.54. The fourth-order valence-corrected chi connectivity index (χ4v) is 2.57. The molecule has 0 fully saturated rings. The maximum atomic E-state index is 11.4. The standard InChI is InChI=1S/C18H14N2O2.C3H6O2/c21-18-11-22-17-6-4-13(10-16(17)20-18)2-1-12-3-5-15-14(9-12)7-8-19-15;1-3(4)5-2/h1-10,19H,11H2,(H,20,21);1-2H3/b2-1+;. The van der Waals surface area contributed by atoms with E-state index in [1.807, 2.05) is 30.5 Å². The number of amides is 1. The predicted molar refractivity (Wildman–Crippen MR) is 105 cm³/mol. The molecule has 138 valence electrons. The summed E-state index contributed by atoms with van der Waals surface area (Å²) in [5, 5.41) is 4.01. The largest absolute Gasteiger partial charge is 0.482 e. The number of ether oxygens (including phenoxy) is 2. The first-order chi connectivity index (χ1) is 13.0. The van der Waals surface area contributed by atoms with Gasteiger partial charge in [-0.15, -0.1) is 0 Å².